The van der Waals surface area contributed by atoms with Crippen LogP contribution in [0.3, 0.4) is 0 Å². The van der Waals surface area contributed by atoms with Gasteiger partial charge in [-0.15, -0.1) is 11.3 Å². The predicted octanol–water partition coefficient (Wildman–Crippen LogP) is 4.20. The number of thiazole rings is 1. The third-order valence-corrected chi connectivity index (χ3v) is 5.43. The summed E-state index contributed by atoms with van der Waals surface area (Å²) in [5.74, 6) is -0.0903. The first kappa shape index (κ1) is 19.3. The van der Waals surface area contributed by atoms with Crippen molar-refractivity contribution >= 4 is 38.1 Å². The first-order chi connectivity index (χ1) is 13.7. The van der Waals surface area contributed by atoms with E-state index in [-0.39, 0.29) is 29.8 Å². The van der Waals surface area contributed by atoms with Crippen molar-refractivity contribution < 1.29 is 18.0 Å². The van der Waals surface area contributed by atoms with Gasteiger partial charge in [-0.2, -0.15) is 18.3 Å². The molecule has 29 heavy (non-hydrogen) atoms. The summed E-state index contributed by atoms with van der Waals surface area (Å²) in [4.78, 5) is 28.7. The number of hydrogen-bond acceptors (Lipinski definition) is 5. The van der Waals surface area contributed by atoms with Crippen LogP contribution in [0.15, 0.2) is 47.3 Å². The molecule has 0 spiro atoms. The average Bonchev–Trinajstić information content (AvgIpc) is 3.06. The SMILES string of the molecule is CC(=O)Cc1nn(Cc2nc3cc(C(F)(F)F)ccc3s2)c(=O)c2ccccc12. The molecule has 0 bridgehead atoms. The molecular formula is C20H14F3N3O2S. The number of carbonyl (C=O) groups excluding carboxylic acids is 1. The number of fused-ring (bicyclic) bond motifs is 2. The van der Waals surface area contributed by atoms with Gasteiger partial charge in [0.2, 0.25) is 0 Å². The maximum Gasteiger partial charge on any atom is 0.416 e. The molecular weight excluding hydrogens is 403 g/mol. The molecule has 9 heteroatoms. The highest BCUT2D eigenvalue weighted by molar-refractivity contribution is 7.18. The number of ketones is 1. The summed E-state index contributed by atoms with van der Waals surface area (Å²) in [6, 6.07) is 10.3. The molecule has 0 aliphatic carbocycles. The van der Waals surface area contributed by atoms with Crippen LogP contribution in [0.4, 0.5) is 13.2 Å². The number of rotatable bonds is 4. The van der Waals surface area contributed by atoms with Crippen molar-refractivity contribution in [3.63, 3.8) is 0 Å². The molecule has 4 aromatic rings. The number of Topliss-reactive ketones (excluding diaryl/α,β-unsaturated/α-hetero) is 1. The quantitative estimate of drug-likeness (QED) is 0.499. The number of carbonyl (C=O) groups is 1. The van der Waals surface area contributed by atoms with Crippen LogP contribution in [-0.4, -0.2) is 20.5 Å². The van der Waals surface area contributed by atoms with Gasteiger partial charge in [0.15, 0.2) is 0 Å². The van der Waals surface area contributed by atoms with Crippen molar-refractivity contribution in [3.05, 3.63) is 69.1 Å². The van der Waals surface area contributed by atoms with Gasteiger partial charge in [0.05, 0.1) is 39.8 Å². The Kier molecular flexibility index (Phi) is 4.70. The van der Waals surface area contributed by atoms with Gasteiger partial charge in [0.25, 0.3) is 5.56 Å². The second kappa shape index (κ2) is 7.07. The fourth-order valence-corrected chi connectivity index (χ4v) is 4.06. The smallest absolute Gasteiger partial charge is 0.300 e. The summed E-state index contributed by atoms with van der Waals surface area (Å²) in [5, 5.41) is 5.83. The van der Waals surface area contributed by atoms with Crippen LogP contribution in [0.25, 0.3) is 21.0 Å². The topological polar surface area (TPSA) is 64.8 Å². The van der Waals surface area contributed by atoms with Crippen molar-refractivity contribution in [2.24, 2.45) is 0 Å². The Bertz CT molecular complexity index is 1310. The van der Waals surface area contributed by atoms with E-state index in [9.17, 15) is 22.8 Å². The lowest BCUT2D eigenvalue weighted by atomic mass is 10.1. The lowest BCUT2D eigenvalue weighted by molar-refractivity contribution is -0.137. The van der Waals surface area contributed by atoms with Crippen LogP contribution >= 0.6 is 11.3 Å². The van der Waals surface area contributed by atoms with E-state index < -0.39 is 11.7 Å². The van der Waals surface area contributed by atoms with Crippen molar-refractivity contribution in [3.8, 4) is 0 Å². The molecule has 0 atom stereocenters. The third-order valence-electron chi connectivity index (χ3n) is 4.40. The van der Waals surface area contributed by atoms with Gasteiger partial charge in [0.1, 0.15) is 10.8 Å². The van der Waals surface area contributed by atoms with Crippen LogP contribution in [-0.2, 0) is 23.9 Å². The molecule has 0 saturated heterocycles. The van der Waals surface area contributed by atoms with E-state index in [4.69, 9.17) is 0 Å². The standard InChI is InChI=1S/C20H14F3N3O2S/c1-11(27)8-15-13-4-2-3-5-14(13)19(28)26(25-15)10-18-24-16-9-12(20(21,22)23)6-7-17(16)29-18/h2-7,9H,8,10H2,1H3. The van der Waals surface area contributed by atoms with Gasteiger partial charge in [0, 0.05) is 5.39 Å². The van der Waals surface area contributed by atoms with Crippen LogP contribution in [0.5, 0.6) is 0 Å². The normalized spacial score (nSPS) is 12.0. The first-order valence-electron chi connectivity index (χ1n) is 8.67. The highest BCUT2D eigenvalue weighted by atomic mass is 32.1. The Morgan fingerprint density at radius 2 is 1.86 bits per heavy atom. The Hall–Kier alpha value is -3.07. The van der Waals surface area contributed by atoms with E-state index in [1.807, 2.05) is 0 Å². The van der Waals surface area contributed by atoms with E-state index in [0.717, 1.165) is 12.1 Å². The Morgan fingerprint density at radius 3 is 2.55 bits per heavy atom. The predicted molar refractivity (Wildman–Crippen MR) is 104 cm³/mol. The van der Waals surface area contributed by atoms with E-state index in [2.05, 4.69) is 10.1 Å². The highest BCUT2D eigenvalue weighted by Gasteiger charge is 2.30. The monoisotopic (exact) mass is 417 g/mol. The highest BCUT2D eigenvalue weighted by Crippen LogP contribution is 2.33. The van der Waals surface area contributed by atoms with Gasteiger partial charge in [-0.1, -0.05) is 18.2 Å². The maximum atomic E-state index is 12.9. The summed E-state index contributed by atoms with van der Waals surface area (Å²) in [6.45, 7) is 1.45. The summed E-state index contributed by atoms with van der Waals surface area (Å²) >= 11 is 1.20. The van der Waals surface area contributed by atoms with Crippen molar-refractivity contribution in [1.82, 2.24) is 14.8 Å². The molecule has 2 aromatic heterocycles. The number of alkyl halides is 3. The third kappa shape index (κ3) is 3.77. The molecule has 0 unspecified atom stereocenters. The number of nitrogens with zero attached hydrogens (tertiary/aromatic N) is 3. The summed E-state index contributed by atoms with van der Waals surface area (Å²) in [6.07, 6.45) is -4.37. The van der Waals surface area contributed by atoms with E-state index in [1.54, 1.807) is 24.3 Å². The fourth-order valence-electron chi connectivity index (χ4n) is 3.13. The first-order valence-corrected chi connectivity index (χ1v) is 9.49. The van der Waals surface area contributed by atoms with Crippen molar-refractivity contribution in [2.45, 2.75) is 26.1 Å². The van der Waals surface area contributed by atoms with Gasteiger partial charge < -0.3 is 0 Å². The van der Waals surface area contributed by atoms with E-state index >= 15 is 0 Å². The lowest BCUT2D eigenvalue weighted by Crippen LogP contribution is -2.25. The maximum absolute atomic E-state index is 12.9. The van der Waals surface area contributed by atoms with Crippen LogP contribution in [0.1, 0.15) is 23.2 Å². The number of benzene rings is 2. The second-order valence-corrected chi connectivity index (χ2v) is 7.74. The number of halogens is 3. The van der Waals surface area contributed by atoms with Crippen LogP contribution in [0, 0.1) is 0 Å². The molecule has 0 saturated carbocycles. The number of aromatic nitrogens is 3. The summed E-state index contributed by atoms with van der Waals surface area (Å²) in [7, 11) is 0. The molecule has 2 heterocycles. The van der Waals surface area contributed by atoms with Crippen molar-refractivity contribution in [2.75, 3.05) is 0 Å². The molecule has 0 aliphatic rings. The Morgan fingerprint density at radius 1 is 1.14 bits per heavy atom. The fraction of sp³-hybridized carbons (Fsp3) is 0.200. The van der Waals surface area contributed by atoms with Gasteiger partial charge in [-0.05, 0) is 31.2 Å². The minimum atomic E-state index is -4.45. The van der Waals surface area contributed by atoms with Crippen LogP contribution < -0.4 is 5.56 Å². The largest absolute Gasteiger partial charge is 0.416 e. The minimum absolute atomic E-state index is 0.00920. The zero-order valence-electron chi connectivity index (χ0n) is 15.2. The Labute approximate surface area is 166 Å². The molecule has 0 aliphatic heterocycles. The zero-order valence-corrected chi connectivity index (χ0v) is 16.0. The van der Waals surface area contributed by atoms with E-state index in [1.165, 1.54) is 29.0 Å². The molecule has 0 fully saturated rings. The molecule has 0 N–H and O–H groups in total. The number of hydrogen-bond donors (Lipinski definition) is 0. The van der Waals surface area contributed by atoms with Gasteiger partial charge in [-0.25, -0.2) is 9.67 Å². The average molecular weight is 417 g/mol. The summed E-state index contributed by atoms with van der Waals surface area (Å²) < 4.78 is 40.5. The lowest BCUT2D eigenvalue weighted by Gasteiger charge is -2.09. The van der Waals surface area contributed by atoms with Gasteiger partial charge >= 0.3 is 6.18 Å². The van der Waals surface area contributed by atoms with Crippen LogP contribution in [0.2, 0.25) is 0 Å². The van der Waals surface area contributed by atoms with E-state index in [0.29, 0.717) is 26.2 Å². The molecule has 148 valence electrons. The molecule has 2 aromatic carbocycles. The molecule has 0 amide bonds. The Balaban J connectivity index is 1.78. The molecule has 5 nitrogen and oxygen atoms in total. The minimum Gasteiger partial charge on any atom is -0.300 e. The second-order valence-electron chi connectivity index (χ2n) is 6.62. The zero-order chi connectivity index (χ0) is 20.8. The summed E-state index contributed by atoms with van der Waals surface area (Å²) in [5.41, 5.74) is -0.416. The van der Waals surface area contributed by atoms with Gasteiger partial charge in [-0.3, -0.25) is 9.59 Å². The molecule has 4 rings (SSSR count). The van der Waals surface area contributed by atoms with Crippen molar-refractivity contribution in [1.29, 1.82) is 0 Å². The molecule has 0 radical (unpaired) electrons.